The van der Waals surface area contributed by atoms with Crippen molar-refractivity contribution in [2.75, 3.05) is 26.2 Å². The second-order valence-electron chi connectivity index (χ2n) is 9.59. The Bertz CT molecular complexity index is 791. The summed E-state index contributed by atoms with van der Waals surface area (Å²) in [5.41, 5.74) is 1.89. The molecule has 4 heterocycles. The predicted octanol–water partition coefficient (Wildman–Crippen LogP) is 1.89. The van der Waals surface area contributed by atoms with Gasteiger partial charge in [-0.1, -0.05) is 0 Å². The van der Waals surface area contributed by atoms with Crippen LogP contribution in [0.15, 0.2) is 6.33 Å². The smallest absolute Gasteiger partial charge is 0.239 e. The Hall–Kier alpha value is -1.89. The number of hydrogen-bond acceptors (Lipinski definition) is 4. The molecular formula is C22H33N5O2. The topological polar surface area (TPSA) is 72.5 Å². The van der Waals surface area contributed by atoms with E-state index in [9.17, 15) is 9.59 Å². The first-order chi connectivity index (χ1) is 14.0. The van der Waals surface area contributed by atoms with E-state index >= 15 is 0 Å². The summed E-state index contributed by atoms with van der Waals surface area (Å²) in [6.07, 6.45) is 8.33. The van der Waals surface area contributed by atoms with Gasteiger partial charge in [0.2, 0.25) is 11.8 Å². The summed E-state index contributed by atoms with van der Waals surface area (Å²) in [6, 6.07) is 0.430. The highest BCUT2D eigenvalue weighted by Gasteiger charge is 2.51. The van der Waals surface area contributed by atoms with Gasteiger partial charge < -0.3 is 14.8 Å². The zero-order valence-electron chi connectivity index (χ0n) is 17.7. The lowest BCUT2D eigenvalue weighted by Gasteiger charge is -2.51. The van der Waals surface area contributed by atoms with Crippen LogP contribution in [0.5, 0.6) is 0 Å². The van der Waals surface area contributed by atoms with Crippen molar-refractivity contribution < 1.29 is 9.59 Å². The van der Waals surface area contributed by atoms with Crippen molar-refractivity contribution in [2.45, 2.75) is 76.4 Å². The molecule has 3 aliphatic heterocycles. The number of imidazole rings is 1. The summed E-state index contributed by atoms with van der Waals surface area (Å²) in [5, 5.41) is 0. The first kappa shape index (κ1) is 19.1. The number of aromatic amines is 1. The molecule has 1 saturated carbocycles. The van der Waals surface area contributed by atoms with Crippen LogP contribution in [0.3, 0.4) is 0 Å². The summed E-state index contributed by atoms with van der Waals surface area (Å²) in [6.45, 7) is 7.57. The number of likely N-dealkylation sites (tertiary alicyclic amines) is 2. The Kier molecular flexibility index (Phi) is 4.68. The van der Waals surface area contributed by atoms with Crippen molar-refractivity contribution in [3.8, 4) is 0 Å². The average molecular weight is 400 g/mol. The molecule has 2 saturated heterocycles. The number of hydrogen-bond donors (Lipinski definition) is 1. The number of fused-ring (bicyclic) bond motifs is 2. The van der Waals surface area contributed by atoms with Crippen molar-refractivity contribution in [3.63, 3.8) is 0 Å². The molecule has 7 nitrogen and oxygen atoms in total. The highest BCUT2D eigenvalue weighted by Crippen LogP contribution is 2.45. The molecular weight excluding hydrogens is 366 g/mol. The maximum absolute atomic E-state index is 13.3. The highest BCUT2D eigenvalue weighted by molar-refractivity contribution is 5.83. The Morgan fingerprint density at radius 3 is 2.55 bits per heavy atom. The quantitative estimate of drug-likeness (QED) is 0.843. The van der Waals surface area contributed by atoms with E-state index in [1.165, 1.54) is 5.69 Å². The van der Waals surface area contributed by atoms with Gasteiger partial charge in [-0.05, 0) is 58.9 Å². The monoisotopic (exact) mass is 399 g/mol. The molecule has 7 heteroatoms. The minimum absolute atomic E-state index is 0.0283. The molecule has 1 N–H and O–H groups in total. The Morgan fingerprint density at radius 1 is 1.10 bits per heavy atom. The van der Waals surface area contributed by atoms with Gasteiger partial charge in [-0.15, -0.1) is 0 Å². The van der Waals surface area contributed by atoms with Gasteiger partial charge in [0, 0.05) is 43.7 Å². The van der Waals surface area contributed by atoms with Gasteiger partial charge in [0.25, 0.3) is 0 Å². The maximum Gasteiger partial charge on any atom is 0.239 e. The number of nitrogens with one attached hydrogen (secondary N) is 1. The molecule has 4 aliphatic rings. The fourth-order valence-corrected chi connectivity index (χ4v) is 5.84. The van der Waals surface area contributed by atoms with Crippen molar-refractivity contribution in [1.29, 1.82) is 0 Å². The number of piperidine rings is 1. The molecule has 2 amide bonds. The molecule has 5 rings (SSSR count). The van der Waals surface area contributed by atoms with E-state index in [1.54, 1.807) is 6.33 Å². The fraction of sp³-hybridized carbons (Fsp3) is 0.773. The standard InChI is InChI=1S/C22H33N5O2/c1-15(2)26-10-3-4-18(26)21(29)25-12-8-22(9-13-25)19-17(23-14-24-19)7-11-27(22)20(28)16-5-6-16/h14-16,18H,3-13H2,1-2H3,(H,23,24)/t18-/m0/s1. The van der Waals surface area contributed by atoms with E-state index < -0.39 is 0 Å². The largest absolute Gasteiger partial charge is 0.348 e. The number of nitrogens with zero attached hydrogens (tertiary/aromatic N) is 4. The molecule has 1 aliphatic carbocycles. The first-order valence-electron chi connectivity index (χ1n) is 11.4. The molecule has 0 radical (unpaired) electrons. The minimum atomic E-state index is -0.336. The minimum Gasteiger partial charge on any atom is -0.348 e. The van der Waals surface area contributed by atoms with Crippen molar-refractivity contribution >= 4 is 11.8 Å². The molecule has 1 spiro atoms. The van der Waals surface area contributed by atoms with E-state index in [-0.39, 0.29) is 23.4 Å². The van der Waals surface area contributed by atoms with Gasteiger partial charge in [0.1, 0.15) is 0 Å². The lowest BCUT2D eigenvalue weighted by Crippen LogP contribution is -2.60. The lowest BCUT2D eigenvalue weighted by atomic mass is 9.78. The van der Waals surface area contributed by atoms with Crippen molar-refractivity contribution in [3.05, 3.63) is 17.7 Å². The van der Waals surface area contributed by atoms with Gasteiger partial charge in [0.05, 0.1) is 23.6 Å². The summed E-state index contributed by atoms with van der Waals surface area (Å²) < 4.78 is 0. The third-order valence-corrected chi connectivity index (χ3v) is 7.60. The molecule has 0 unspecified atom stereocenters. The Balaban J connectivity index is 1.36. The SMILES string of the molecule is CC(C)N1CCC[C@H]1C(=O)N1CCC2(CC1)c1nc[nH]c1CCN2C(=O)C1CC1. The summed E-state index contributed by atoms with van der Waals surface area (Å²) in [7, 11) is 0. The van der Waals surface area contributed by atoms with E-state index in [2.05, 4.69) is 38.5 Å². The number of amides is 2. The van der Waals surface area contributed by atoms with Crippen LogP contribution in [-0.4, -0.2) is 74.7 Å². The van der Waals surface area contributed by atoms with Crippen molar-refractivity contribution in [2.24, 2.45) is 5.92 Å². The van der Waals surface area contributed by atoms with Crippen LogP contribution in [0, 0.1) is 5.92 Å². The third-order valence-electron chi connectivity index (χ3n) is 7.60. The number of H-pyrrole nitrogens is 1. The van der Waals surface area contributed by atoms with Gasteiger partial charge >= 0.3 is 0 Å². The first-order valence-corrected chi connectivity index (χ1v) is 11.4. The molecule has 3 fully saturated rings. The maximum atomic E-state index is 13.3. The number of carbonyl (C=O) groups excluding carboxylic acids is 2. The van der Waals surface area contributed by atoms with Crippen molar-refractivity contribution in [1.82, 2.24) is 24.7 Å². The highest BCUT2D eigenvalue weighted by atomic mass is 16.2. The van der Waals surface area contributed by atoms with Crippen LogP contribution in [0.1, 0.15) is 63.8 Å². The fourth-order valence-electron chi connectivity index (χ4n) is 5.84. The molecule has 1 atom stereocenters. The summed E-state index contributed by atoms with van der Waals surface area (Å²) >= 11 is 0. The molecule has 1 aromatic heterocycles. The van der Waals surface area contributed by atoms with Crippen LogP contribution in [0.25, 0.3) is 0 Å². The van der Waals surface area contributed by atoms with Crippen LogP contribution >= 0.6 is 0 Å². The number of rotatable bonds is 3. The molecule has 158 valence electrons. The number of carbonyl (C=O) groups is 2. The van der Waals surface area contributed by atoms with Gasteiger partial charge in [-0.3, -0.25) is 14.5 Å². The van der Waals surface area contributed by atoms with E-state index in [4.69, 9.17) is 0 Å². The Labute approximate surface area is 172 Å². The zero-order valence-corrected chi connectivity index (χ0v) is 17.7. The molecule has 0 bridgehead atoms. The van der Waals surface area contributed by atoms with Gasteiger partial charge in [-0.2, -0.15) is 0 Å². The van der Waals surface area contributed by atoms with Crippen LogP contribution in [0.4, 0.5) is 0 Å². The summed E-state index contributed by atoms with van der Waals surface area (Å²) in [4.78, 5) is 40.9. The lowest BCUT2D eigenvalue weighted by molar-refractivity contribution is -0.147. The zero-order chi connectivity index (χ0) is 20.2. The normalized spacial score (nSPS) is 26.9. The van der Waals surface area contributed by atoms with E-state index in [0.29, 0.717) is 25.0 Å². The van der Waals surface area contributed by atoms with Crippen LogP contribution in [-0.2, 0) is 21.5 Å². The second-order valence-corrected chi connectivity index (χ2v) is 9.59. The van der Waals surface area contributed by atoms with E-state index in [1.807, 2.05) is 0 Å². The van der Waals surface area contributed by atoms with Gasteiger partial charge in [0.15, 0.2) is 0 Å². The van der Waals surface area contributed by atoms with Crippen LogP contribution < -0.4 is 0 Å². The third kappa shape index (κ3) is 3.09. The second kappa shape index (κ2) is 7.11. The molecule has 0 aromatic carbocycles. The molecule has 29 heavy (non-hydrogen) atoms. The summed E-state index contributed by atoms with van der Waals surface area (Å²) in [5.74, 6) is 0.800. The Morgan fingerprint density at radius 2 is 1.86 bits per heavy atom. The molecule has 1 aromatic rings. The predicted molar refractivity (Wildman–Crippen MR) is 109 cm³/mol. The van der Waals surface area contributed by atoms with Crippen LogP contribution in [0.2, 0.25) is 0 Å². The average Bonchev–Trinajstić information content (AvgIpc) is 3.25. The van der Waals surface area contributed by atoms with Gasteiger partial charge in [-0.25, -0.2) is 4.98 Å². The number of aromatic nitrogens is 2. The van der Waals surface area contributed by atoms with E-state index in [0.717, 1.165) is 63.7 Å².